The molecule has 1 heterocycles. The Bertz CT molecular complexity index is 391. The molecule has 0 aromatic heterocycles. The van der Waals surface area contributed by atoms with Crippen molar-refractivity contribution >= 4 is 17.8 Å². The van der Waals surface area contributed by atoms with Gasteiger partial charge in [0.15, 0.2) is 0 Å². The Morgan fingerprint density at radius 3 is 2.53 bits per heavy atom. The van der Waals surface area contributed by atoms with Gasteiger partial charge >= 0.3 is 5.97 Å². The summed E-state index contributed by atoms with van der Waals surface area (Å²) in [6.45, 7) is 4.49. The third-order valence-corrected chi connectivity index (χ3v) is 3.71. The third kappa shape index (κ3) is 1.87. The molecule has 0 bridgehead atoms. The highest BCUT2D eigenvalue weighted by atomic mass is 16.4. The number of hydrogen-bond acceptors (Lipinski definition) is 3. The van der Waals surface area contributed by atoms with Crippen LogP contribution in [0, 0.1) is 17.3 Å². The number of nitrogens with one attached hydrogen (secondary N) is 1. The molecule has 0 radical (unpaired) electrons. The van der Waals surface area contributed by atoms with Gasteiger partial charge in [-0.3, -0.25) is 14.4 Å². The second-order valence-electron chi connectivity index (χ2n) is 5.22. The topological polar surface area (TPSA) is 86.7 Å². The van der Waals surface area contributed by atoms with Gasteiger partial charge in [-0.25, -0.2) is 0 Å². The molecule has 6 heteroatoms. The van der Waals surface area contributed by atoms with Crippen LogP contribution in [0.5, 0.6) is 0 Å². The molecule has 2 aliphatic rings. The Morgan fingerprint density at radius 2 is 2.06 bits per heavy atom. The minimum Gasteiger partial charge on any atom is -0.481 e. The lowest BCUT2D eigenvalue weighted by Gasteiger charge is -2.27. The number of carbonyl (C=O) groups excluding carboxylic acids is 2. The van der Waals surface area contributed by atoms with E-state index in [-0.39, 0.29) is 18.4 Å². The second kappa shape index (κ2) is 3.72. The summed E-state index contributed by atoms with van der Waals surface area (Å²) in [6, 6.07) is 0. The maximum absolute atomic E-state index is 12.1. The summed E-state index contributed by atoms with van der Waals surface area (Å²) in [5, 5.41) is 11.6. The standard InChI is InChI=1S/C11H16N2O4/c1-11(2)7(8(11)10(16)17)9(15)13-4-3-12-6(14)5-13/h7-8H,3-5H2,1-2H3,(H,12,14)(H,16,17)/t7-,8+/m1/s1. The van der Waals surface area contributed by atoms with Gasteiger partial charge in [0.2, 0.25) is 11.8 Å². The minimum absolute atomic E-state index is 0.0394. The van der Waals surface area contributed by atoms with Crippen LogP contribution in [0.1, 0.15) is 13.8 Å². The van der Waals surface area contributed by atoms with Crippen molar-refractivity contribution in [1.82, 2.24) is 10.2 Å². The Kier molecular flexibility index (Phi) is 2.60. The fourth-order valence-corrected chi connectivity index (χ4v) is 2.58. The number of amides is 2. The number of nitrogens with zero attached hydrogens (tertiary/aromatic N) is 1. The van der Waals surface area contributed by atoms with E-state index in [1.54, 1.807) is 13.8 Å². The van der Waals surface area contributed by atoms with Gasteiger partial charge in [0.05, 0.1) is 18.4 Å². The molecule has 1 aliphatic carbocycles. The normalized spacial score (nSPS) is 30.7. The zero-order valence-corrected chi connectivity index (χ0v) is 9.90. The van der Waals surface area contributed by atoms with Crippen molar-refractivity contribution in [1.29, 1.82) is 0 Å². The molecule has 6 nitrogen and oxygen atoms in total. The third-order valence-electron chi connectivity index (χ3n) is 3.71. The van der Waals surface area contributed by atoms with Gasteiger partial charge in [-0.05, 0) is 5.41 Å². The smallest absolute Gasteiger partial charge is 0.307 e. The van der Waals surface area contributed by atoms with E-state index in [1.165, 1.54) is 4.90 Å². The van der Waals surface area contributed by atoms with E-state index in [9.17, 15) is 14.4 Å². The molecule has 0 aromatic carbocycles. The Labute approximate surface area is 99.0 Å². The fourth-order valence-electron chi connectivity index (χ4n) is 2.58. The summed E-state index contributed by atoms with van der Waals surface area (Å²) in [7, 11) is 0. The summed E-state index contributed by atoms with van der Waals surface area (Å²) in [4.78, 5) is 35.7. The van der Waals surface area contributed by atoms with E-state index >= 15 is 0 Å². The van der Waals surface area contributed by atoms with E-state index in [4.69, 9.17) is 5.11 Å². The average molecular weight is 240 g/mol. The predicted molar refractivity (Wildman–Crippen MR) is 58.0 cm³/mol. The lowest BCUT2D eigenvalue weighted by molar-refractivity contribution is -0.143. The van der Waals surface area contributed by atoms with Crippen LogP contribution < -0.4 is 5.32 Å². The summed E-state index contributed by atoms with van der Waals surface area (Å²) in [5.74, 6) is -2.45. The average Bonchev–Trinajstić information content (AvgIpc) is 2.80. The molecule has 0 spiro atoms. The first-order chi connectivity index (χ1) is 7.85. The number of hydrogen-bond donors (Lipinski definition) is 2. The van der Waals surface area contributed by atoms with Crippen LogP contribution in [-0.4, -0.2) is 47.4 Å². The van der Waals surface area contributed by atoms with Crippen molar-refractivity contribution < 1.29 is 19.5 Å². The molecule has 2 atom stereocenters. The molecule has 17 heavy (non-hydrogen) atoms. The minimum atomic E-state index is -0.935. The van der Waals surface area contributed by atoms with Gasteiger partial charge in [-0.15, -0.1) is 0 Å². The van der Waals surface area contributed by atoms with E-state index < -0.39 is 23.2 Å². The van der Waals surface area contributed by atoms with Crippen molar-refractivity contribution in [3.05, 3.63) is 0 Å². The summed E-state index contributed by atoms with van der Waals surface area (Å²) in [6.07, 6.45) is 0. The number of rotatable bonds is 2. The van der Waals surface area contributed by atoms with Crippen LogP contribution in [0.2, 0.25) is 0 Å². The number of piperazine rings is 1. The van der Waals surface area contributed by atoms with Gasteiger partial charge in [0.1, 0.15) is 0 Å². The number of aliphatic carboxylic acids is 1. The maximum Gasteiger partial charge on any atom is 0.307 e. The summed E-state index contributed by atoms with van der Waals surface area (Å²) in [5.41, 5.74) is -0.503. The zero-order chi connectivity index (χ0) is 12.8. The Morgan fingerprint density at radius 1 is 1.41 bits per heavy atom. The predicted octanol–water partition coefficient (Wildman–Crippen LogP) is -0.698. The quantitative estimate of drug-likeness (QED) is 0.668. The van der Waals surface area contributed by atoms with Crippen LogP contribution >= 0.6 is 0 Å². The van der Waals surface area contributed by atoms with E-state index in [0.29, 0.717) is 13.1 Å². The summed E-state index contributed by atoms with van der Waals surface area (Å²) < 4.78 is 0. The first kappa shape index (κ1) is 11.9. The van der Waals surface area contributed by atoms with Crippen molar-refractivity contribution in [3.8, 4) is 0 Å². The molecule has 1 aliphatic heterocycles. The van der Waals surface area contributed by atoms with Crippen molar-refractivity contribution in [2.45, 2.75) is 13.8 Å². The van der Waals surface area contributed by atoms with Gasteiger partial charge < -0.3 is 15.3 Å². The molecule has 1 saturated heterocycles. The molecule has 1 saturated carbocycles. The highest BCUT2D eigenvalue weighted by molar-refractivity contribution is 5.94. The summed E-state index contributed by atoms with van der Waals surface area (Å²) >= 11 is 0. The molecular formula is C11H16N2O4. The van der Waals surface area contributed by atoms with Crippen LogP contribution in [0.15, 0.2) is 0 Å². The second-order valence-corrected chi connectivity index (χ2v) is 5.22. The Hall–Kier alpha value is -1.59. The van der Waals surface area contributed by atoms with Gasteiger partial charge in [0.25, 0.3) is 0 Å². The highest BCUT2D eigenvalue weighted by Crippen LogP contribution is 2.59. The van der Waals surface area contributed by atoms with Crippen LogP contribution in [-0.2, 0) is 14.4 Å². The van der Waals surface area contributed by atoms with E-state index in [1.807, 2.05) is 0 Å². The van der Waals surface area contributed by atoms with Gasteiger partial charge in [0, 0.05) is 13.1 Å². The monoisotopic (exact) mass is 240 g/mol. The first-order valence-electron chi connectivity index (χ1n) is 5.64. The van der Waals surface area contributed by atoms with Crippen molar-refractivity contribution in [3.63, 3.8) is 0 Å². The SMILES string of the molecule is CC1(C)[C@H](C(=O)O)[C@@H]1C(=O)N1CCNC(=O)C1. The largest absolute Gasteiger partial charge is 0.481 e. The van der Waals surface area contributed by atoms with Crippen LogP contribution in [0.4, 0.5) is 0 Å². The molecule has 0 aromatic rings. The molecule has 2 rings (SSSR count). The molecule has 2 amide bonds. The molecular weight excluding hydrogens is 224 g/mol. The fraction of sp³-hybridized carbons (Fsp3) is 0.727. The lowest BCUT2D eigenvalue weighted by Crippen LogP contribution is -2.50. The van der Waals surface area contributed by atoms with Crippen LogP contribution in [0.25, 0.3) is 0 Å². The molecule has 0 unspecified atom stereocenters. The first-order valence-corrected chi connectivity index (χ1v) is 5.64. The van der Waals surface area contributed by atoms with E-state index in [2.05, 4.69) is 5.32 Å². The number of carboxylic acid groups (broad SMARTS) is 1. The number of carboxylic acids is 1. The van der Waals surface area contributed by atoms with Gasteiger partial charge in [-0.1, -0.05) is 13.8 Å². The van der Waals surface area contributed by atoms with Gasteiger partial charge in [-0.2, -0.15) is 0 Å². The Balaban J connectivity index is 2.06. The maximum atomic E-state index is 12.1. The number of carbonyl (C=O) groups is 3. The van der Waals surface area contributed by atoms with Crippen molar-refractivity contribution in [2.75, 3.05) is 19.6 Å². The zero-order valence-electron chi connectivity index (χ0n) is 9.90. The molecule has 2 fully saturated rings. The molecule has 2 N–H and O–H groups in total. The van der Waals surface area contributed by atoms with Crippen molar-refractivity contribution in [2.24, 2.45) is 17.3 Å². The van der Waals surface area contributed by atoms with Crippen LogP contribution in [0.3, 0.4) is 0 Å². The molecule has 94 valence electrons. The lowest BCUT2D eigenvalue weighted by atomic mass is 10.1. The van der Waals surface area contributed by atoms with E-state index in [0.717, 1.165) is 0 Å². The highest BCUT2D eigenvalue weighted by Gasteiger charge is 2.66.